The van der Waals surface area contributed by atoms with E-state index in [4.69, 9.17) is 5.26 Å². The van der Waals surface area contributed by atoms with Crippen LogP contribution in [0.3, 0.4) is 0 Å². The van der Waals surface area contributed by atoms with Gasteiger partial charge in [-0.3, -0.25) is 0 Å². The number of benzene rings is 2. The second-order valence-corrected chi connectivity index (χ2v) is 4.94. The van der Waals surface area contributed by atoms with Gasteiger partial charge in [0.15, 0.2) is 0 Å². The van der Waals surface area contributed by atoms with Gasteiger partial charge in [-0.15, -0.1) is 0 Å². The third kappa shape index (κ3) is 3.23. The van der Waals surface area contributed by atoms with Crippen molar-refractivity contribution >= 4 is 0 Å². The zero-order valence-electron chi connectivity index (χ0n) is 11.6. The van der Waals surface area contributed by atoms with Gasteiger partial charge in [0.2, 0.25) is 0 Å². The van der Waals surface area contributed by atoms with Crippen molar-refractivity contribution in [2.24, 2.45) is 0 Å². The highest BCUT2D eigenvalue weighted by Gasteiger charge is 2.03. The van der Waals surface area contributed by atoms with Crippen molar-refractivity contribution in [2.45, 2.75) is 33.1 Å². The first-order valence-electron chi connectivity index (χ1n) is 6.84. The number of nitrogens with zero attached hydrogens (tertiary/aromatic N) is 1. The molecule has 0 spiro atoms. The van der Waals surface area contributed by atoms with Crippen LogP contribution in [0.4, 0.5) is 0 Å². The Labute approximate surface area is 115 Å². The molecule has 0 amide bonds. The Hall–Kier alpha value is -2.07. The van der Waals surface area contributed by atoms with Crippen LogP contribution in [0.2, 0.25) is 0 Å². The number of hydrogen-bond donors (Lipinski definition) is 0. The predicted octanol–water partition coefficient (Wildman–Crippen LogP) is 4.88. The molecule has 0 aliphatic rings. The van der Waals surface area contributed by atoms with E-state index < -0.39 is 0 Å². The topological polar surface area (TPSA) is 23.8 Å². The van der Waals surface area contributed by atoms with Gasteiger partial charge in [-0.2, -0.15) is 5.26 Å². The van der Waals surface area contributed by atoms with Gasteiger partial charge in [-0.1, -0.05) is 43.7 Å². The molecule has 96 valence electrons. The van der Waals surface area contributed by atoms with Crippen molar-refractivity contribution < 1.29 is 0 Å². The molecular formula is C18H19N. The Morgan fingerprint density at radius 1 is 1.05 bits per heavy atom. The molecule has 2 rings (SSSR count). The summed E-state index contributed by atoms with van der Waals surface area (Å²) >= 11 is 0. The third-order valence-electron chi connectivity index (χ3n) is 3.43. The van der Waals surface area contributed by atoms with E-state index in [0.717, 1.165) is 6.42 Å². The molecule has 0 aliphatic carbocycles. The van der Waals surface area contributed by atoms with Gasteiger partial charge in [0.25, 0.3) is 0 Å². The molecule has 0 saturated heterocycles. The standard InChI is InChI=1S/C18H19N/c1-3-4-5-15-8-11-18(14(2)12-15)17-9-6-16(13-19)7-10-17/h6-12H,3-5H2,1-2H3. The molecule has 0 radical (unpaired) electrons. The van der Waals surface area contributed by atoms with E-state index in [2.05, 4.69) is 38.1 Å². The minimum Gasteiger partial charge on any atom is -0.192 e. The highest BCUT2D eigenvalue weighted by molar-refractivity contribution is 5.68. The molecule has 0 heterocycles. The summed E-state index contributed by atoms with van der Waals surface area (Å²) in [5, 5.41) is 8.82. The molecule has 0 N–H and O–H groups in total. The molecule has 1 heteroatoms. The van der Waals surface area contributed by atoms with E-state index in [-0.39, 0.29) is 0 Å². The zero-order valence-corrected chi connectivity index (χ0v) is 11.6. The average molecular weight is 249 g/mol. The summed E-state index contributed by atoms with van der Waals surface area (Å²) in [6, 6.07) is 16.6. The molecular weight excluding hydrogens is 230 g/mol. The van der Waals surface area contributed by atoms with Crippen molar-refractivity contribution in [3.8, 4) is 17.2 Å². The lowest BCUT2D eigenvalue weighted by molar-refractivity contribution is 0.794. The van der Waals surface area contributed by atoms with Crippen LogP contribution in [0.5, 0.6) is 0 Å². The van der Waals surface area contributed by atoms with E-state index in [0.29, 0.717) is 5.56 Å². The Morgan fingerprint density at radius 2 is 1.79 bits per heavy atom. The van der Waals surface area contributed by atoms with Gasteiger partial charge in [-0.25, -0.2) is 0 Å². The van der Waals surface area contributed by atoms with Crippen LogP contribution in [0.25, 0.3) is 11.1 Å². The van der Waals surface area contributed by atoms with Crippen molar-refractivity contribution in [3.63, 3.8) is 0 Å². The van der Waals surface area contributed by atoms with Gasteiger partial charge in [0, 0.05) is 0 Å². The first-order chi connectivity index (χ1) is 9.24. The average Bonchev–Trinajstić information content (AvgIpc) is 2.45. The minimum absolute atomic E-state index is 0.709. The number of unbranched alkanes of at least 4 members (excludes halogenated alkanes) is 1. The van der Waals surface area contributed by atoms with Gasteiger partial charge in [-0.05, 0) is 54.2 Å². The largest absolute Gasteiger partial charge is 0.192 e. The van der Waals surface area contributed by atoms with Crippen LogP contribution in [0.15, 0.2) is 42.5 Å². The van der Waals surface area contributed by atoms with Crippen LogP contribution in [0.1, 0.15) is 36.5 Å². The van der Waals surface area contributed by atoms with Crippen molar-refractivity contribution in [1.29, 1.82) is 5.26 Å². The smallest absolute Gasteiger partial charge is 0.0991 e. The van der Waals surface area contributed by atoms with Crippen molar-refractivity contribution in [3.05, 3.63) is 59.2 Å². The summed E-state index contributed by atoms with van der Waals surface area (Å²) in [7, 11) is 0. The summed E-state index contributed by atoms with van der Waals surface area (Å²) in [6.07, 6.45) is 3.64. The zero-order chi connectivity index (χ0) is 13.7. The number of aryl methyl sites for hydroxylation is 2. The van der Waals surface area contributed by atoms with Crippen LogP contribution in [-0.2, 0) is 6.42 Å². The van der Waals surface area contributed by atoms with Gasteiger partial charge in [0.05, 0.1) is 11.6 Å². The lowest BCUT2D eigenvalue weighted by atomic mass is 9.96. The summed E-state index contributed by atoms with van der Waals surface area (Å²) < 4.78 is 0. The van der Waals surface area contributed by atoms with Crippen LogP contribution >= 0.6 is 0 Å². The highest BCUT2D eigenvalue weighted by atomic mass is 14.2. The maximum absolute atomic E-state index is 8.82. The maximum Gasteiger partial charge on any atom is 0.0991 e. The quantitative estimate of drug-likeness (QED) is 0.757. The molecule has 19 heavy (non-hydrogen) atoms. The summed E-state index contributed by atoms with van der Waals surface area (Å²) in [4.78, 5) is 0. The Bertz CT molecular complexity index is 588. The maximum atomic E-state index is 8.82. The molecule has 0 bridgehead atoms. The fourth-order valence-corrected chi connectivity index (χ4v) is 2.31. The fourth-order valence-electron chi connectivity index (χ4n) is 2.31. The van der Waals surface area contributed by atoms with E-state index in [1.165, 1.54) is 35.1 Å². The minimum atomic E-state index is 0.709. The molecule has 0 atom stereocenters. The Kier molecular flexibility index (Phi) is 4.36. The summed E-state index contributed by atoms with van der Waals surface area (Å²) in [6.45, 7) is 4.38. The summed E-state index contributed by atoms with van der Waals surface area (Å²) in [5.74, 6) is 0. The first-order valence-corrected chi connectivity index (χ1v) is 6.84. The monoisotopic (exact) mass is 249 g/mol. The van der Waals surface area contributed by atoms with Gasteiger partial charge < -0.3 is 0 Å². The molecule has 0 aliphatic heterocycles. The number of nitriles is 1. The van der Waals surface area contributed by atoms with Crippen LogP contribution < -0.4 is 0 Å². The first kappa shape index (κ1) is 13.4. The van der Waals surface area contributed by atoms with E-state index in [1.54, 1.807) is 0 Å². The van der Waals surface area contributed by atoms with Crippen molar-refractivity contribution in [1.82, 2.24) is 0 Å². The van der Waals surface area contributed by atoms with Gasteiger partial charge in [0.1, 0.15) is 0 Å². The van der Waals surface area contributed by atoms with E-state index in [9.17, 15) is 0 Å². The second-order valence-electron chi connectivity index (χ2n) is 4.94. The molecule has 2 aromatic rings. The molecule has 0 saturated carbocycles. The molecule has 0 fully saturated rings. The van der Waals surface area contributed by atoms with E-state index >= 15 is 0 Å². The lowest BCUT2D eigenvalue weighted by Gasteiger charge is -2.09. The fraction of sp³-hybridized carbons (Fsp3) is 0.278. The molecule has 1 nitrogen and oxygen atoms in total. The highest BCUT2D eigenvalue weighted by Crippen LogP contribution is 2.25. The number of hydrogen-bond acceptors (Lipinski definition) is 1. The second kappa shape index (κ2) is 6.20. The summed E-state index contributed by atoms with van der Waals surface area (Å²) in [5.41, 5.74) is 5.86. The Balaban J connectivity index is 2.27. The van der Waals surface area contributed by atoms with Crippen molar-refractivity contribution in [2.75, 3.05) is 0 Å². The molecule has 0 aromatic heterocycles. The van der Waals surface area contributed by atoms with Crippen LogP contribution in [0, 0.1) is 18.3 Å². The lowest BCUT2D eigenvalue weighted by Crippen LogP contribution is -1.89. The third-order valence-corrected chi connectivity index (χ3v) is 3.43. The normalized spacial score (nSPS) is 10.2. The number of rotatable bonds is 4. The predicted molar refractivity (Wildman–Crippen MR) is 79.9 cm³/mol. The Morgan fingerprint density at radius 3 is 2.37 bits per heavy atom. The molecule has 2 aromatic carbocycles. The van der Waals surface area contributed by atoms with Crippen LogP contribution in [-0.4, -0.2) is 0 Å². The SMILES string of the molecule is CCCCc1ccc(-c2ccc(C#N)cc2)c(C)c1. The van der Waals surface area contributed by atoms with Gasteiger partial charge >= 0.3 is 0 Å². The molecule has 0 unspecified atom stereocenters. The van der Waals surface area contributed by atoms with E-state index in [1.807, 2.05) is 24.3 Å².